The van der Waals surface area contributed by atoms with Crippen LogP contribution in [0.4, 0.5) is 5.69 Å². The van der Waals surface area contributed by atoms with Gasteiger partial charge in [-0.2, -0.15) is 0 Å². The summed E-state index contributed by atoms with van der Waals surface area (Å²) >= 11 is 7.12. The zero-order valence-electron chi connectivity index (χ0n) is 16.8. The maximum Gasteiger partial charge on any atom is 0.252 e. The normalized spacial score (nSPS) is 11.7. The van der Waals surface area contributed by atoms with Gasteiger partial charge in [0.2, 0.25) is 5.91 Å². The number of anilines is 1. The lowest BCUT2D eigenvalue weighted by molar-refractivity contribution is -0.113. The van der Waals surface area contributed by atoms with Crippen LogP contribution in [0.1, 0.15) is 34.7 Å². The molecule has 0 aliphatic heterocycles. The van der Waals surface area contributed by atoms with Gasteiger partial charge in [-0.05, 0) is 49.7 Å². The molecule has 9 heteroatoms. The number of hydrogen-bond acceptors (Lipinski definition) is 5. The first-order chi connectivity index (χ1) is 14.3. The van der Waals surface area contributed by atoms with E-state index in [9.17, 15) is 9.59 Å². The third-order valence-electron chi connectivity index (χ3n) is 4.45. The number of rotatable bonds is 7. The predicted molar refractivity (Wildman–Crippen MR) is 119 cm³/mol. The number of amides is 2. The fourth-order valence-corrected chi connectivity index (χ4v) is 3.70. The van der Waals surface area contributed by atoms with Gasteiger partial charge >= 0.3 is 0 Å². The Morgan fingerprint density at radius 1 is 1.13 bits per heavy atom. The Morgan fingerprint density at radius 3 is 2.53 bits per heavy atom. The minimum absolute atomic E-state index is 0.159. The first kappa shape index (κ1) is 21.9. The second-order valence-electron chi connectivity index (χ2n) is 6.75. The van der Waals surface area contributed by atoms with E-state index < -0.39 is 0 Å². The lowest BCUT2D eigenvalue weighted by atomic mass is 10.1. The number of nitrogens with one attached hydrogen (secondary N) is 2. The molecule has 3 aromatic rings. The summed E-state index contributed by atoms with van der Waals surface area (Å²) in [6, 6.07) is 14.0. The molecule has 0 unspecified atom stereocenters. The van der Waals surface area contributed by atoms with Crippen molar-refractivity contribution in [2.24, 2.45) is 7.05 Å². The van der Waals surface area contributed by atoms with Crippen LogP contribution in [-0.2, 0) is 11.8 Å². The number of benzene rings is 2. The molecule has 2 aromatic carbocycles. The number of hydrogen-bond donors (Lipinski definition) is 2. The van der Waals surface area contributed by atoms with Gasteiger partial charge in [-0.1, -0.05) is 41.6 Å². The van der Waals surface area contributed by atoms with Gasteiger partial charge in [0.15, 0.2) is 11.0 Å². The topological polar surface area (TPSA) is 88.9 Å². The molecule has 0 fully saturated rings. The second-order valence-corrected chi connectivity index (χ2v) is 8.13. The van der Waals surface area contributed by atoms with Gasteiger partial charge < -0.3 is 15.2 Å². The van der Waals surface area contributed by atoms with Gasteiger partial charge in [0.1, 0.15) is 0 Å². The van der Waals surface area contributed by atoms with E-state index in [0.29, 0.717) is 27.3 Å². The Labute approximate surface area is 184 Å². The molecule has 2 N–H and O–H groups in total. The summed E-state index contributed by atoms with van der Waals surface area (Å²) in [5, 5.41) is 15.3. The molecule has 1 atom stereocenters. The van der Waals surface area contributed by atoms with Gasteiger partial charge in [-0.25, -0.2) is 0 Å². The maximum atomic E-state index is 12.5. The van der Waals surface area contributed by atoms with Crippen LogP contribution < -0.4 is 10.6 Å². The van der Waals surface area contributed by atoms with Gasteiger partial charge in [-0.3, -0.25) is 9.59 Å². The lowest BCUT2D eigenvalue weighted by Crippen LogP contribution is -2.29. The Balaban J connectivity index is 1.58. The number of thioether (sulfide) groups is 1. The highest BCUT2D eigenvalue weighted by molar-refractivity contribution is 7.99. The van der Waals surface area contributed by atoms with Crippen LogP contribution >= 0.6 is 23.4 Å². The van der Waals surface area contributed by atoms with E-state index in [4.69, 9.17) is 11.6 Å². The summed E-state index contributed by atoms with van der Waals surface area (Å²) in [6.45, 7) is 3.74. The molecule has 0 aliphatic carbocycles. The number of carbonyl (C=O) groups is 2. The molecular formula is C21H22ClN5O2S. The number of aromatic nitrogens is 3. The average Bonchev–Trinajstić information content (AvgIpc) is 3.09. The third kappa shape index (κ3) is 5.40. The molecule has 3 rings (SSSR count). The van der Waals surface area contributed by atoms with Crippen molar-refractivity contribution in [1.29, 1.82) is 0 Å². The first-order valence-electron chi connectivity index (χ1n) is 9.29. The summed E-state index contributed by atoms with van der Waals surface area (Å²) in [6.07, 6.45) is 0. The Morgan fingerprint density at radius 2 is 1.83 bits per heavy atom. The third-order valence-corrected chi connectivity index (χ3v) is 5.73. The van der Waals surface area contributed by atoms with E-state index in [1.807, 2.05) is 39.1 Å². The largest absolute Gasteiger partial charge is 0.342 e. The quantitative estimate of drug-likeness (QED) is 0.539. The monoisotopic (exact) mass is 443 g/mol. The number of carbonyl (C=O) groups excluding carboxylic acids is 2. The van der Waals surface area contributed by atoms with Crippen molar-refractivity contribution in [2.45, 2.75) is 25.0 Å². The molecule has 0 radical (unpaired) electrons. The molecule has 0 aliphatic rings. The van der Waals surface area contributed by atoms with E-state index in [1.54, 1.807) is 34.9 Å². The van der Waals surface area contributed by atoms with Crippen molar-refractivity contribution in [3.05, 3.63) is 70.5 Å². The van der Waals surface area contributed by atoms with E-state index >= 15 is 0 Å². The molecular weight excluding hydrogens is 422 g/mol. The number of aryl methyl sites for hydroxylation is 1. The van der Waals surface area contributed by atoms with Gasteiger partial charge in [-0.15, -0.1) is 10.2 Å². The predicted octanol–water partition coefficient (Wildman–Crippen LogP) is 4.00. The number of nitrogens with zero attached hydrogens (tertiary/aromatic N) is 3. The van der Waals surface area contributed by atoms with Crippen LogP contribution in [0.2, 0.25) is 5.02 Å². The van der Waals surface area contributed by atoms with Crippen LogP contribution in [0.3, 0.4) is 0 Å². The molecule has 2 amide bonds. The molecule has 0 spiro atoms. The van der Waals surface area contributed by atoms with Crippen molar-refractivity contribution in [3.8, 4) is 0 Å². The van der Waals surface area contributed by atoms with Crippen LogP contribution in [-0.4, -0.2) is 32.3 Å². The molecule has 0 bridgehead atoms. The fraction of sp³-hybridized carbons (Fsp3) is 0.238. The summed E-state index contributed by atoms with van der Waals surface area (Å²) in [7, 11) is 1.81. The Kier molecular flexibility index (Phi) is 7.12. The highest BCUT2D eigenvalue weighted by Gasteiger charge is 2.19. The van der Waals surface area contributed by atoms with E-state index in [-0.39, 0.29) is 23.6 Å². The minimum atomic E-state index is -0.341. The number of halogens is 1. The zero-order valence-corrected chi connectivity index (χ0v) is 18.4. The molecule has 156 valence electrons. The van der Waals surface area contributed by atoms with Gasteiger partial charge in [0, 0.05) is 23.3 Å². The molecule has 7 nitrogen and oxygen atoms in total. The van der Waals surface area contributed by atoms with E-state index in [2.05, 4.69) is 20.8 Å². The molecule has 0 saturated heterocycles. The molecule has 0 saturated carbocycles. The minimum Gasteiger partial charge on any atom is -0.342 e. The highest BCUT2D eigenvalue weighted by Crippen LogP contribution is 2.20. The Hall–Kier alpha value is -2.84. The van der Waals surface area contributed by atoms with Crippen molar-refractivity contribution >= 4 is 40.9 Å². The summed E-state index contributed by atoms with van der Waals surface area (Å²) in [4.78, 5) is 24.7. The SMILES string of the molecule is Cc1ccccc1C(=O)N[C@H](C)c1nnc(SCC(=O)Nc2ccc(Cl)cc2)n1C. The standard InChI is InChI=1S/C21H22ClN5O2S/c1-13-6-4-5-7-17(13)20(29)23-14(2)19-25-26-21(27(19)3)30-12-18(28)24-16-10-8-15(22)9-11-16/h4-11,14H,12H2,1-3H3,(H,23,29)(H,24,28)/t14-/m1/s1. The molecule has 1 aromatic heterocycles. The van der Waals surface area contributed by atoms with Crippen molar-refractivity contribution in [3.63, 3.8) is 0 Å². The lowest BCUT2D eigenvalue weighted by Gasteiger charge is -2.14. The van der Waals surface area contributed by atoms with Crippen LogP contribution in [0.15, 0.2) is 53.7 Å². The van der Waals surface area contributed by atoms with Gasteiger partial charge in [0.05, 0.1) is 11.8 Å². The van der Waals surface area contributed by atoms with Crippen LogP contribution in [0, 0.1) is 6.92 Å². The fourth-order valence-electron chi connectivity index (χ4n) is 2.86. The van der Waals surface area contributed by atoms with E-state index in [1.165, 1.54) is 11.8 Å². The smallest absolute Gasteiger partial charge is 0.252 e. The average molecular weight is 444 g/mol. The Bertz CT molecular complexity index is 1050. The van der Waals surface area contributed by atoms with E-state index in [0.717, 1.165) is 5.56 Å². The molecule has 1 heterocycles. The highest BCUT2D eigenvalue weighted by atomic mass is 35.5. The van der Waals surface area contributed by atoms with Crippen molar-refractivity contribution in [1.82, 2.24) is 20.1 Å². The summed E-state index contributed by atoms with van der Waals surface area (Å²) in [5.41, 5.74) is 2.21. The van der Waals surface area contributed by atoms with Gasteiger partial charge in [0.25, 0.3) is 5.91 Å². The summed E-state index contributed by atoms with van der Waals surface area (Å²) < 4.78 is 1.78. The zero-order chi connectivity index (χ0) is 21.7. The molecule has 30 heavy (non-hydrogen) atoms. The van der Waals surface area contributed by atoms with Crippen molar-refractivity contribution in [2.75, 3.05) is 11.1 Å². The van der Waals surface area contributed by atoms with Crippen LogP contribution in [0.25, 0.3) is 0 Å². The van der Waals surface area contributed by atoms with Crippen LogP contribution in [0.5, 0.6) is 0 Å². The second kappa shape index (κ2) is 9.77. The first-order valence-corrected chi connectivity index (χ1v) is 10.7. The van der Waals surface area contributed by atoms with Crippen molar-refractivity contribution < 1.29 is 9.59 Å². The maximum absolute atomic E-state index is 12.5. The summed E-state index contributed by atoms with van der Waals surface area (Å²) in [5.74, 6) is 0.462.